The molecule has 1 amide bonds. The molecule has 6 nitrogen and oxygen atoms in total. The third kappa shape index (κ3) is 2.94. The zero-order valence-corrected chi connectivity index (χ0v) is 16.9. The summed E-state index contributed by atoms with van der Waals surface area (Å²) in [6.07, 6.45) is 1.61. The average molecular weight is 407 g/mol. The average Bonchev–Trinajstić information content (AvgIpc) is 2.99. The van der Waals surface area contributed by atoms with Crippen molar-refractivity contribution >= 4 is 18.5 Å². The topological polar surface area (TPSA) is 74.7 Å². The van der Waals surface area contributed by atoms with Gasteiger partial charge in [0, 0.05) is 18.8 Å². The van der Waals surface area contributed by atoms with Gasteiger partial charge in [-0.25, -0.2) is 0 Å². The Bertz CT molecular complexity index is 1050. The molecule has 1 aliphatic rings. The molecule has 7 heteroatoms. The first kappa shape index (κ1) is 19.3. The Hall–Kier alpha value is -3.03. The molecule has 2 atom stereocenters. The van der Waals surface area contributed by atoms with E-state index in [4.69, 9.17) is 4.74 Å². The third-order valence-corrected chi connectivity index (χ3v) is 5.68. The Morgan fingerprint density at radius 1 is 1.14 bits per heavy atom. The van der Waals surface area contributed by atoms with E-state index < -0.39 is 11.0 Å². The van der Waals surface area contributed by atoms with Gasteiger partial charge in [-0.3, -0.25) is 15.1 Å². The predicted octanol–water partition coefficient (Wildman–Crippen LogP) is 2.98. The Morgan fingerprint density at radius 3 is 2.45 bits per heavy atom. The fourth-order valence-corrected chi connectivity index (χ4v) is 4.09. The van der Waals surface area contributed by atoms with Crippen LogP contribution in [0.2, 0.25) is 0 Å². The van der Waals surface area contributed by atoms with Gasteiger partial charge in [0.2, 0.25) is 0 Å². The minimum atomic E-state index is -1.44. The van der Waals surface area contributed by atoms with Crippen LogP contribution < -0.4 is 10.1 Å². The standard InChI is InChI=1S/C22H21N3O3S/c1-25-20(27)22(24-21(25)29,17-10-6-7-13-23-17)18-16(26)12-11-15(19(18)28-2)14-8-4-3-5-9-14/h3-13,21,24,26,29H,1-2H3. The van der Waals surface area contributed by atoms with Crippen molar-refractivity contribution in [3.05, 3.63) is 78.1 Å². The summed E-state index contributed by atoms with van der Waals surface area (Å²) >= 11 is 4.50. The van der Waals surface area contributed by atoms with Gasteiger partial charge in [-0.2, -0.15) is 0 Å². The van der Waals surface area contributed by atoms with Gasteiger partial charge in [0.25, 0.3) is 5.91 Å². The maximum Gasteiger partial charge on any atom is 0.255 e. The van der Waals surface area contributed by atoms with Crippen LogP contribution in [-0.4, -0.2) is 40.6 Å². The number of nitrogens with zero attached hydrogens (tertiary/aromatic N) is 2. The number of ether oxygens (including phenoxy) is 1. The second-order valence-corrected chi connectivity index (χ2v) is 7.29. The second kappa shape index (κ2) is 7.42. The molecule has 2 unspecified atom stereocenters. The largest absolute Gasteiger partial charge is 0.507 e. The molecule has 1 fully saturated rings. The molecule has 2 N–H and O–H groups in total. The fraction of sp³-hybridized carbons (Fsp3) is 0.182. The van der Waals surface area contributed by atoms with Crippen molar-refractivity contribution in [1.29, 1.82) is 0 Å². The molecule has 2 heterocycles. The minimum Gasteiger partial charge on any atom is -0.507 e. The van der Waals surface area contributed by atoms with E-state index in [9.17, 15) is 9.90 Å². The fourth-order valence-electron chi connectivity index (χ4n) is 3.79. The monoisotopic (exact) mass is 407 g/mol. The molecule has 4 rings (SSSR count). The van der Waals surface area contributed by atoms with Crippen LogP contribution in [0, 0.1) is 0 Å². The normalized spacial score (nSPS) is 21.4. The van der Waals surface area contributed by atoms with Gasteiger partial charge < -0.3 is 14.7 Å². The van der Waals surface area contributed by atoms with Gasteiger partial charge in [0.1, 0.15) is 17.0 Å². The van der Waals surface area contributed by atoms with Crippen molar-refractivity contribution in [3.63, 3.8) is 0 Å². The number of amides is 1. The molecule has 0 radical (unpaired) electrons. The lowest BCUT2D eigenvalue weighted by atomic mass is 9.82. The molecule has 148 valence electrons. The Morgan fingerprint density at radius 2 is 1.86 bits per heavy atom. The molecule has 29 heavy (non-hydrogen) atoms. The van der Waals surface area contributed by atoms with Crippen LogP contribution in [0.3, 0.4) is 0 Å². The van der Waals surface area contributed by atoms with Crippen LogP contribution in [-0.2, 0) is 10.3 Å². The number of phenolic OH excluding ortho intramolecular Hbond substituents is 1. The minimum absolute atomic E-state index is 0.0659. The number of phenols is 1. The molecular formula is C22H21N3O3S. The first-order valence-corrected chi connectivity index (χ1v) is 9.62. The van der Waals surface area contributed by atoms with E-state index in [-0.39, 0.29) is 11.7 Å². The SMILES string of the molecule is COc1c(-c2ccccc2)ccc(O)c1C1(c2ccccn2)NC(S)N(C)C1=O. The molecule has 1 aromatic heterocycles. The number of likely N-dealkylation sites (N-methyl/N-ethyl adjacent to an activating group) is 1. The highest BCUT2D eigenvalue weighted by atomic mass is 32.1. The van der Waals surface area contributed by atoms with Crippen molar-refractivity contribution in [2.24, 2.45) is 0 Å². The summed E-state index contributed by atoms with van der Waals surface area (Å²) in [5.41, 5.74) is 0.427. The quantitative estimate of drug-likeness (QED) is 0.580. The Kier molecular flexibility index (Phi) is 4.94. The van der Waals surface area contributed by atoms with E-state index in [1.165, 1.54) is 12.0 Å². The molecule has 2 aromatic carbocycles. The molecule has 1 saturated heterocycles. The van der Waals surface area contributed by atoms with Crippen molar-refractivity contribution in [2.75, 3.05) is 14.2 Å². The lowest BCUT2D eigenvalue weighted by Crippen LogP contribution is -2.46. The molecule has 1 aliphatic heterocycles. The summed E-state index contributed by atoms with van der Waals surface area (Å²) in [6, 6.07) is 18.3. The summed E-state index contributed by atoms with van der Waals surface area (Å²) in [6.45, 7) is 0. The lowest BCUT2D eigenvalue weighted by Gasteiger charge is -2.30. The van der Waals surface area contributed by atoms with E-state index in [2.05, 4.69) is 22.9 Å². The van der Waals surface area contributed by atoms with E-state index in [1.54, 1.807) is 43.6 Å². The second-order valence-electron chi connectivity index (χ2n) is 6.81. The van der Waals surface area contributed by atoms with E-state index >= 15 is 0 Å². The molecule has 0 spiro atoms. The third-order valence-electron chi connectivity index (χ3n) is 5.20. The van der Waals surface area contributed by atoms with E-state index in [0.29, 0.717) is 17.0 Å². The van der Waals surface area contributed by atoms with Crippen LogP contribution in [0.15, 0.2) is 66.9 Å². The van der Waals surface area contributed by atoms with Gasteiger partial charge in [0.05, 0.1) is 18.4 Å². The van der Waals surface area contributed by atoms with E-state index in [1.807, 2.05) is 30.3 Å². The summed E-state index contributed by atoms with van der Waals surface area (Å²) in [5.74, 6) is 0.0532. The number of methoxy groups -OCH3 is 1. The van der Waals surface area contributed by atoms with Crippen LogP contribution in [0.4, 0.5) is 0 Å². The molecule has 0 aliphatic carbocycles. The van der Waals surface area contributed by atoms with Gasteiger partial charge >= 0.3 is 0 Å². The maximum absolute atomic E-state index is 13.5. The molecule has 0 saturated carbocycles. The highest BCUT2D eigenvalue weighted by Crippen LogP contribution is 2.48. The Balaban J connectivity index is 2.06. The highest BCUT2D eigenvalue weighted by Gasteiger charge is 2.55. The number of pyridine rings is 1. The summed E-state index contributed by atoms with van der Waals surface area (Å²) < 4.78 is 5.77. The molecule has 3 aromatic rings. The number of hydrogen-bond acceptors (Lipinski definition) is 6. The number of carbonyl (C=O) groups is 1. The van der Waals surface area contributed by atoms with Crippen LogP contribution >= 0.6 is 12.6 Å². The van der Waals surface area contributed by atoms with Gasteiger partial charge in [-0.1, -0.05) is 36.4 Å². The van der Waals surface area contributed by atoms with Crippen molar-refractivity contribution in [2.45, 2.75) is 11.0 Å². The number of aromatic hydroxyl groups is 1. The predicted molar refractivity (Wildman–Crippen MR) is 114 cm³/mol. The number of carbonyl (C=O) groups excluding carboxylic acids is 1. The van der Waals surface area contributed by atoms with Crippen molar-refractivity contribution < 1.29 is 14.6 Å². The van der Waals surface area contributed by atoms with Crippen LogP contribution in [0.25, 0.3) is 11.1 Å². The van der Waals surface area contributed by atoms with Gasteiger partial charge in [-0.05, 0) is 29.8 Å². The van der Waals surface area contributed by atoms with Gasteiger partial charge in [0.15, 0.2) is 5.54 Å². The smallest absolute Gasteiger partial charge is 0.255 e. The number of thiol groups is 1. The number of nitrogens with one attached hydrogen (secondary N) is 1. The maximum atomic E-state index is 13.5. The van der Waals surface area contributed by atoms with Crippen LogP contribution in [0.1, 0.15) is 11.3 Å². The van der Waals surface area contributed by atoms with Crippen molar-refractivity contribution in [1.82, 2.24) is 15.2 Å². The van der Waals surface area contributed by atoms with E-state index in [0.717, 1.165) is 11.1 Å². The van der Waals surface area contributed by atoms with Crippen LogP contribution in [0.5, 0.6) is 11.5 Å². The highest BCUT2D eigenvalue weighted by molar-refractivity contribution is 7.80. The number of hydrogen-bond donors (Lipinski definition) is 3. The Labute approximate surface area is 174 Å². The number of rotatable bonds is 4. The zero-order valence-electron chi connectivity index (χ0n) is 16.0. The molecular weight excluding hydrogens is 386 g/mol. The zero-order chi connectivity index (χ0) is 20.6. The van der Waals surface area contributed by atoms with Gasteiger partial charge in [-0.15, -0.1) is 12.6 Å². The first-order valence-electron chi connectivity index (χ1n) is 9.11. The first-order chi connectivity index (χ1) is 14.0. The van der Waals surface area contributed by atoms with Crippen molar-refractivity contribution in [3.8, 4) is 22.6 Å². The lowest BCUT2D eigenvalue weighted by molar-refractivity contribution is -0.130. The number of aromatic nitrogens is 1. The molecule has 0 bridgehead atoms. The summed E-state index contributed by atoms with van der Waals surface area (Å²) in [4.78, 5) is 19.4. The summed E-state index contributed by atoms with van der Waals surface area (Å²) in [7, 11) is 3.18. The number of benzene rings is 2. The summed E-state index contributed by atoms with van der Waals surface area (Å²) in [5, 5.41) is 14.2.